The number of fused-ring (bicyclic) bond motifs is 2. The first-order valence-electron chi connectivity index (χ1n) is 13.3. The lowest BCUT2D eigenvalue weighted by Gasteiger charge is -2.40. The predicted molar refractivity (Wildman–Crippen MR) is 142 cm³/mol. The topological polar surface area (TPSA) is 74.2 Å². The molecule has 6 rings (SSSR count). The summed E-state index contributed by atoms with van der Waals surface area (Å²) in [6, 6.07) is 9.65. The summed E-state index contributed by atoms with van der Waals surface area (Å²) < 4.78 is 15.0. The van der Waals surface area contributed by atoms with Crippen molar-refractivity contribution in [3.05, 3.63) is 65.2 Å². The van der Waals surface area contributed by atoms with Crippen LogP contribution in [0.3, 0.4) is 0 Å². The maximum absolute atomic E-state index is 15.0. The summed E-state index contributed by atoms with van der Waals surface area (Å²) in [7, 11) is 4.03. The van der Waals surface area contributed by atoms with Crippen molar-refractivity contribution in [3.8, 4) is 11.3 Å². The standard InChI is InChI=1S/C29H33FN6O/c1-35-13-9-19(10-14-35)21-6-8-25(31-16-21)33-28-32-17-24(30)26(34-28)20-5-7-22-23(15-20)29(11-3-4-12-29)18-36(2)27(22)37/h5-8,15-17,19H,3-4,9-14,18H2,1-2H3,(H,31,32,33,34). The van der Waals surface area contributed by atoms with Crippen molar-refractivity contribution in [3.63, 3.8) is 0 Å². The number of hydrogen-bond acceptors (Lipinski definition) is 6. The van der Waals surface area contributed by atoms with E-state index in [1.165, 1.54) is 11.8 Å². The number of carbonyl (C=O) groups excluding carboxylic acids is 1. The normalized spacial score (nSPS) is 19.9. The molecule has 0 bridgehead atoms. The van der Waals surface area contributed by atoms with Crippen molar-refractivity contribution in [1.29, 1.82) is 0 Å². The Hall–Kier alpha value is -3.39. The number of halogens is 1. The lowest BCUT2D eigenvalue weighted by atomic mass is 9.73. The second kappa shape index (κ2) is 9.49. The van der Waals surface area contributed by atoms with Crippen LogP contribution in [0.2, 0.25) is 0 Å². The molecule has 1 aromatic carbocycles. The van der Waals surface area contributed by atoms with Crippen LogP contribution in [-0.4, -0.2) is 64.4 Å². The number of rotatable bonds is 4. The van der Waals surface area contributed by atoms with Crippen LogP contribution in [0.25, 0.3) is 11.3 Å². The highest BCUT2D eigenvalue weighted by Gasteiger charge is 2.43. The van der Waals surface area contributed by atoms with Gasteiger partial charge in [-0.25, -0.2) is 19.3 Å². The van der Waals surface area contributed by atoms with Crippen molar-refractivity contribution >= 4 is 17.7 Å². The monoisotopic (exact) mass is 500 g/mol. The first kappa shape index (κ1) is 24.0. The number of nitrogens with one attached hydrogen (secondary N) is 1. The lowest BCUT2D eigenvalue weighted by Crippen LogP contribution is -2.46. The third-order valence-corrected chi connectivity index (χ3v) is 8.50. The molecule has 2 aromatic heterocycles. The number of nitrogens with zero attached hydrogens (tertiary/aromatic N) is 5. The molecule has 1 N–H and O–H groups in total. The molecule has 2 fully saturated rings. The summed E-state index contributed by atoms with van der Waals surface area (Å²) in [5.74, 6) is 0.985. The fourth-order valence-corrected chi connectivity index (χ4v) is 6.42. The molecule has 1 amide bonds. The molecular weight excluding hydrogens is 467 g/mol. The molecule has 3 aromatic rings. The van der Waals surface area contributed by atoms with E-state index in [2.05, 4.69) is 38.3 Å². The summed E-state index contributed by atoms with van der Waals surface area (Å²) in [5, 5.41) is 3.13. The van der Waals surface area contributed by atoms with E-state index >= 15 is 0 Å². The Bertz CT molecular complexity index is 1310. The van der Waals surface area contributed by atoms with E-state index in [1.807, 2.05) is 36.3 Å². The van der Waals surface area contributed by atoms with Gasteiger partial charge in [0, 0.05) is 36.3 Å². The van der Waals surface area contributed by atoms with Gasteiger partial charge >= 0.3 is 0 Å². The molecule has 1 spiro atoms. The van der Waals surface area contributed by atoms with Gasteiger partial charge in [-0.1, -0.05) is 25.0 Å². The zero-order valence-electron chi connectivity index (χ0n) is 21.5. The predicted octanol–water partition coefficient (Wildman–Crippen LogP) is 5.13. The van der Waals surface area contributed by atoms with E-state index in [-0.39, 0.29) is 17.0 Å². The Kier molecular flexibility index (Phi) is 6.15. The van der Waals surface area contributed by atoms with Gasteiger partial charge in [-0.3, -0.25) is 4.79 Å². The molecular formula is C29H33FN6O. The van der Waals surface area contributed by atoms with Gasteiger partial charge in [-0.2, -0.15) is 0 Å². The van der Waals surface area contributed by atoms with Gasteiger partial charge in [0.05, 0.1) is 6.20 Å². The minimum absolute atomic E-state index is 0.0272. The Balaban J connectivity index is 1.26. The maximum atomic E-state index is 15.0. The fourth-order valence-electron chi connectivity index (χ4n) is 6.42. The Morgan fingerprint density at radius 1 is 1.03 bits per heavy atom. The summed E-state index contributed by atoms with van der Waals surface area (Å²) in [5.41, 5.74) is 3.83. The van der Waals surface area contributed by atoms with Crippen LogP contribution in [0.15, 0.2) is 42.7 Å². The molecule has 8 heteroatoms. The fraction of sp³-hybridized carbons (Fsp3) is 0.448. The summed E-state index contributed by atoms with van der Waals surface area (Å²) >= 11 is 0. The lowest BCUT2D eigenvalue weighted by molar-refractivity contribution is 0.0723. The SMILES string of the molecule is CN1CCC(c2ccc(Nc3ncc(F)c(-c4ccc5c(c4)C4(CCCC4)CN(C)C5=O)n3)nc2)CC1. The first-order valence-corrected chi connectivity index (χ1v) is 13.3. The number of likely N-dealkylation sites (tertiary alicyclic amines) is 1. The second-order valence-corrected chi connectivity index (χ2v) is 11.0. The molecule has 37 heavy (non-hydrogen) atoms. The Morgan fingerprint density at radius 3 is 2.54 bits per heavy atom. The summed E-state index contributed by atoms with van der Waals surface area (Å²) in [6.45, 7) is 2.91. The molecule has 7 nitrogen and oxygen atoms in total. The third-order valence-electron chi connectivity index (χ3n) is 8.50. The highest BCUT2D eigenvalue weighted by molar-refractivity contribution is 5.98. The number of aromatic nitrogens is 3. The molecule has 192 valence electrons. The number of benzene rings is 1. The average Bonchev–Trinajstić information content (AvgIpc) is 3.38. The molecule has 0 unspecified atom stereocenters. The van der Waals surface area contributed by atoms with Crippen LogP contribution >= 0.6 is 0 Å². The zero-order chi connectivity index (χ0) is 25.6. The van der Waals surface area contributed by atoms with Gasteiger partial charge in [0.2, 0.25) is 5.95 Å². The average molecular weight is 501 g/mol. The smallest absolute Gasteiger partial charge is 0.253 e. The van der Waals surface area contributed by atoms with Crippen molar-refractivity contribution in [2.24, 2.45) is 0 Å². The van der Waals surface area contributed by atoms with Gasteiger partial charge in [0.15, 0.2) is 5.82 Å². The number of amides is 1. The molecule has 3 aliphatic rings. The second-order valence-electron chi connectivity index (χ2n) is 11.0. The number of pyridine rings is 1. The van der Waals surface area contributed by atoms with Gasteiger partial charge < -0.3 is 15.1 Å². The van der Waals surface area contributed by atoms with Crippen LogP contribution in [-0.2, 0) is 5.41 Å². The van der Waals surface area contributed by atoms with E-state index in [0.29, 0.717) is 29.8 Å². The van der Waals surface area contributed by atoms with Gasteiger partial charge in [0.25, 0.3) is 5.91 Å². The largest absolute Gasteiger partial charge is 0.341 e. The number of likely N-dealkylation sites (N-methyl/N-ethyl adjacent to an activating group) is 1. The van der Waals surface area contributed by atoms with Crippen LogP contribution in [0.5, 0.6) is 0 Å². The van der Waals surface area contributed by atoms with Gasteiger partial charge in [-0.05, 0) is 81.1 Å². The minimum atomic E-state index is -0.490. The van der Waals surface area contributed by atoms with E-state index in [4.69, 9.17) is 0 Å². The van der Waals surface area contributed by atoms with Crippen molar-refractivity contribution in [1.82, 2.24) is 24.8 Å². The highest BCUT2D eigenvalue weighted by atomic mass is 19.1. The maximum Gasteiger partial charge on any atom is 0.253 e. The van der Waals surface area contributed by atoms with Crippen molar-refractivity contribution in [2.45, 2.75) is 49.9 Å². The first-order chi connectivity index (χ1) is 17.9. The Labute approximate surface area is 217 Å². The number of hydrogen-bond donors (Lipinski definition) is 1. The van der Waals surface area contributed by atoms with Crippen molar-refractivity contribution < 1.29 is 9.18 Å². The van der Waals surface area contributed by atoms with E-state index in [1.54, 1.807) is 6.07 Å². The summed E-state index contributed by atoms with van der Waals surface area (Å²) in [6.07, 6.45) is 9.76. The van der Waals surface area contributed by atoms with Gasteiger partial charge in [0.1, 0.15) is 11.5 Å². The molecule has 1 saturated carbocycles. The number of piperidine rings is 1. The van der Waals surface area contributed by atoms with E-state index in [0.717, 1.165) is 62.7 Å². The molecule has 0 radical (unpaired) electrons. The van der Waals surface area contributed by atoms with Crippen LogP contribution in [0, 0.1) is 5.82 Å². The zero-order valence-corrected chi connectivity index (χ0v) is 21.5. The van der Waals surface area contributed by atoms with E-state index < -0.39 is 5.82 Å². The molecule has 1 saturated heterocycles. The quantitative estimate of drug-likeness (QED) is 0.536. The number of carbonyl (C=O) groups is 1. The van der Waals surface area contributed by atoms with Crippen LogP contribution in [0.1, 0.15) is 65.9 Å². The molecule has 4 heterocycles. The molecule has 1 aliphatic carbocycles. The Morgan fingerprint density at radius 2 is 1.81 bits per heavy atom. The van der Waals surface area contributed by atoms with Crippen LogP contribution in [0.4, 0.5) is 16.2 Å². The van der Waals surface area contributed by atoms with Crippen molar-refractivity contribution in [2.75, 3.05) is 39.0 Å². The van der Waals surface area contributed by atoms with Gasteiger partial charge in [-0.15, -0.1) is 0 Å². The third kappa shape index (κ3) is 4.48. The van der Waals surface area contributed by atoms with Crippen LogP contribution < -0.4 is 5.32 Å². The number of anilines is 2. The molecule has 2 aliphatic heterocycles. The molecule has 0 atom stereocenters. The highest BCUT2D eigenvalue weighted by Crippen LogP contribution is 2.46. The summed E-state index contributed by atoms with van der Waals surface area (Å²) in [4.78, 5) is 30.3. The van der Waals surface area contributed by atoms with E-state index in [9.17, 15) is 9.18 Å². The minimum Gasteiger partial charge on any atom is -0.341 e.